The monoisotopic (exact) mass is 340 g/mol. The Morgan fingerprint density at radius 2 is 1.92 bits per heavy atom. The van der Waals surface area contributed by atoms with Gasteiger partial charge in [0.2, 0.25) is 6.79 Å². The molecule has 0 radical (unpaired) electrons. The zero-order chi connectivity index (χ0) is 17.8. The van der Waals surface area contributed by atoms with Crippen LogP contribution in [0.5, 0.6) is 11.5 Å². The molecule has 0 bridgehead atoms. The van der Waals surface area contributed by atoms with Crippen LogP contribution in [0.4, 0.5) is 5.69 Å². The molecule has 2 aromatic carbocycles. The minimum absolute atomic E-state index is 0.158. The topological polar surface area (TPSA) is 69.2 Å². The molecule has 130 valence electrons. The number of carbonyl (C=O) groups excluding carboxylic acids is 1. The lowest BCUT2D eigenvalue weighted by atomic mass is 10.1. The molecule has 0 saturated heterocycles. The average molecular weight is 340 g/mol. The zero-order valence-electron chi connectivity index (χ0n) is 14.5. The van der Waals surface area contributed by atoms with Gasteiger partial charge in [-0.05, 0) is 62.2 Å². The number of hydrogen-bond donors (Lipinski definition) is 1. The fourth-order valence-corrected chi connectivity index (χ4v) is 2.38. The van der Waals surface area contributed by atoms with Gasteiger partial charge in [-0.1, -0.05) is 11.2 Å². The molecule has 25 heavy (non-hydrogen) atoms. The summed E-state index contributed by atoms with van der Waals surface area (Å²) in [4.78, 5) is 17.1. The molecule has 6 heteroatoms. The maximum Gasteiger partial charge on any atom is 0.265 e. The molecule has 0 aromatic heterocycles. The first kappa shape index (κ1) is 16.8. The van der Waals surface area contributed by atoms with E-state index in [1.807, 2.05) is 50.2 Å². The van der Waals surface area contributed by atoms with Crippen LogP contribution >= 0.6 is 0 Å². The van der Waals surface area contributed by atoms with E-state index in [0.717, 1.165) is 16.8 Å². The number of oxime groups is 1. The van der Waals surface area contributed by atoms with Gasteiger partial charge in [-0.25, -0.2) is 0 Å². The van der Waals surface area contributed by atoms with E-state index >= 15 is 0 Å². The molecular formula is C19H20N2O4. The Bertz CT molecular complexity index is 830. The van der Waals surface area contributed by atoms with Crippen LogP contribution in [-0.4, -0.2) is 25.0 Å². The number of nitrogens with one attached hydrogen (secondary N) is 1. The van der Waals surface area contributed by atoms with Gasteiger partial charge >= 0.3 is 0 Å². The molecule has 0 aliphatic carbocycles. The van der Waals surface area contributed by atoms with Crippen molar-refractivity contribution in [1.82, 2.24) is 0 Å². The highest BCUT2D eigenvalue weighted by Crippen LogP contribution is 2.32. The van der Waals surface area contributed by atoms with E-state index in [1.165, 1.54) is 5.56 Å². The fraction of sp³-hybridized carbons (Fsp3) is 0.263. The maximum atomic E-state index is 11.9. The van der Waals surface area contributed by atoms with Crippen molar-refractivity contribution in [3.05, 3.63) is 53.1 Å². The summed E-state index contributed by atoms with van der Waals surface area (Å²) in [7, 11) is 0. The van der Waals surface area contributed by atoms with Crippen LogP contribution in [0.3, 0.4) is 0 Å². The lowest BCUT2D eigenvalue weighted by Gasteiger charge is -2.07. The number of fused-ring (bicyclic) bond motifs is 1. The van der Waals surface area contributed by atoms with Crippen LogP contribution in [0.2, 0.25) is 0 Å². The smallest absolute Gasteiger partial charge is 0.265 e. The molecule has 1 amide bonds. The highest BCUT2D eigenvalue weighted by atomic mass is 16.7. The predicted octanol–water partition coefficient (Wildman–Crippen LogP) is 3.41. The molecule has 1 aliphatic rings. The lowest BCUT2D eigenvalue weighted by molar-refractivity contribution is -0.120. The Balaban J connectivity index is 1.54. The first-order chi connectivity index (χ1) is 12.0. The molecule has 0 saturated carbocycles. The molecule has 0 spiro atoms. The van der Waals surface area contributed by atoms with Gasteiger partial charge < -0.3 is 19.6 Å². The second-order valence-electron chi connectivity index (χ2n) is 5.87. The molecule has 0 unspecified atom stereocenters. The lowest BCUT2D eigenvalue weighted by Crippen LogP contribution is -2.17. The SMILES string of the molecule is C/C(=N\OCC(=O)Nc1ccc(C)c(C)c1)c1ccc2c(c1)OCO2. The number of ether oxygens (including phenoxy) is 2. The molecule has 2 aromatic rings. The number of carbonyl (C=O) groups is 1. The maximum absolute atomic E-state index is 11.9. The Morgan fingerprint density at radius 3 is 2.72 bits per heavy atom. The molecule has 6 nitrogen and oxygen atoms in total. The number of amides is 1. The summed E-state index contributed by atoms with van der Waals surface area (Å²) < 4.78 is 10.6. The van der Waals surface area contributed by atoms with Gasteiger partial charge in [-0.15, -0.1) is 0 Å². The average Bonchev–Trinajstić information content (AvgIpc) is 3.05. The van der Waals surface area contributed by atoms with Crippen LogP contribution in [0.15, 0.2) is 41.6 Å². The third kappa shape index (κ3) is 4.09. The van der Waals surface area contributed by atoms with E-state index in [0.29, 0.717) is 17.2 Å². The van der Waals surface area contributed by atoms with Gasteiger partial charge in [0.05, 0.1) is 5.71 Å². The van der Waals surface area contributed by atoms with E-state index < -0.39 is 0 Å². The van der Waals surface area contributed by atoms with Gasteiger partial charge in [0.15, 0.2) is 18.1 Å². The molecule has 1 aliphatic heterocycles. The Hall–Kier alpha value is -3.02. The van der Waals surface area contributed by atoms with Crippen LogP contribution in [0, 0.1) is 13.8 Å². The van der Waals surface area contributed by atoms with Crippen LogP contribution in [0.25, 0.3) is 0 Å². The normalized spacial score (nSPS) is 12.8. The molecule has 0 atom stereocenters. The van der Waals surface area contributed by atoms with E-state index in [4.69, 9.17) is 14.3 Å². The van der Waals surface area contributed by atoms with Crippen LogP contribution in [-0.2, 0) is 9.63 Å². The van der Waals surface area contributed by atoms with Crippen molar-refractivity contribution >= 4 is 17.3 Å². The second-order valence-corrected chi connectivity index (χ2v) is 5.87. The highest BCUT2D eigenvalue weighted by molar-refractivity contribution is 5.99. The summed E-state index contributed by atoms with van der Waals surface area (Å²) in [6.07, 6.45) is 0. The Labute approximate surface area is 146 Å². The quantitative estimate of drug-likeness (QED) is 0.669. The van der Waals surface area contributed by atoms with E-state index in [-0.39, 0.29) is 19.3 Å². The van der Waals surface area contributed by atoms with Crippen LogP contribution in [0.1, 0.15) is 23.6 Å². The summed E-state index contributed by atoms with van der Waals surface area (Å²) in [5, 5.41) is 6.78. The van der Waals surface area contributed by atoms with Gasteiger partial charge in [-0.2, -0.15) is 0 Å². The number of benzene rings is 2. The summed E-state index contributed by atoms with van der Waals surface area (Å²) in [6.45, 7) is 5.90. The van der Waals surface area contributed by atoms with Crippen molar-refractivity contribution < 1.29 is 19.1 Å². The third-order valence-electron chi connectivity index (χ3n) is 3.98. The van der Waals surface area contributed by atoms with Crippen molar-refractivity contribution in [2.75, 3.05) is 18.7 Å². The first-order valence-corrected chi connectivity index (χ1v) is 7.96. The molecule has 1 heterocycles. The molecule has 0 fully saturated rings. The summed E-state index contributed by atoms with van der Waals surface area (Å²) in [5.74, 6) is 1.13. The number of hydrogen-bond acceptors (Lipinski definition) is 5. The Kier molecular flexibility index (Phi) is 4.88. The van der Waals surface area contributed by atoms with Gasteiger partial charge in [0.1, 0.15) is 0 Å². The number of anilines is 1. The second kappa shape index (κ2) is 7.25. The zero-order valence-corrected chi connectivity index (χ0v) is 14.5. The summed E-state index contributed by atoms with van der Waals surface area (Å²) in [6, 6.07) is 11.3. The molecular weight excluding hydrogens is 320 g/mol. The number of aryl methyl sites for hydroxylation is 2. The fourth-order valence-electron chi connectivity index (χ4n) is 2.38. The van der Waals surface area contributed by atoms with Gasteiger partial charge in [0, 0.05) is 11.3 Å². The minimum atomic E-state index is -0.259. The van der Waals surface area contributed by atoms with Crippen molar-refractivity contribution in [1.29, 1.82) is 0 Å². The third-order valence-corrected chi connectivity index (χ3v) is 3.98. The summed E-state index contributed by atoms with van der Waals surface area (Å²) >= 11 is 0. The standard InChI is InChI=1S/C19H20N2O4/c1-12-4-6-16(8-13(12)2)20-19(22)10-25-21-14(3)15-5-7-17-18(9-15)24-11-23-17/h4-9H,10-11H2,1-3H3,(H,20,22)/b21-14+. The van der Waals surface area contributed by atoms with Crippen molar-refractivity contribution in [2.24, 2.45) is 5.16 Å². The summed E-state index contributed by atoms with van der Waals surface area (Å²) in [5.41, 5.74) is 4.54. The van der Waals surface area contributed by atoms with Crippen molar-refractivity contribution in [3.8, 4) is 11.5 Å². The minimum Gasteiger partial charge on any atom is -0.454 e. The number of rotatable bonds is 5. The van der Waals surface area contributed by atoms with Crippen molar-refractivity contribution in [3.63, 3.8) is 0 Å². The molecule has 3 rings (SSSR count). The van der Waals surface area contributed by atoms with E-state index in [9.17, 15) is 4.79 Å². The highest BCUT2D eigenvalue weighted by Gasteiger charge is 2.14. The molecule has 1 N–H and O–H groups in total. The van der Waals surface area contributed by atoms with Gasteiger partial charge in [0.25, 0.3) is 5.91 Å². The van der Waals surface area contributed by atoms with E-state index in [1.54, 1.807) is 6.92 Å². The van der Waals surface area contributed by atoms with E-state index in [2.05, 4.69) is 10.5 Å². The first-order valence-electron chi connectivity index (χ1n) is 7.96. The number of nitrogens with zero attached hydrogens (tertiary/aromatic N) is 1. The van der Waals surface area contributed by atoms with Gasteiger partial charge in [-0.3, -0.25) is 4.79 Å². The Morgan fingerprint density at radius 1 is 1.12 bits per heavy atom. The van der Waals surface area contributed by atoms with Crippen LogP contribution < -0.4 is 14.8 Å². The van der Waals surface area contributed by atoms with Crippen molar-refractivity contribution in [2.45, 2.75) is 20.8 Å². The largest absolute Gasteiger partial charge is 0.454 e. The predicted molar refractivity (Wildman–Crippen MR) is 95.3 cm³/mol.